The van der Waals surface area contributed by atoms with E-state index in [1.165, 1.54) is 0 Å². The first kappa shape index (κ1) is 15.6. The summed E-state index contributed by atoms with van der Waals surface area (Å²) >= 11 is 1.14. The summed E-state index contributed by atoms with van der Waals surface area (Å²) in [5.74, 6) is 1.26. The Morgan fingerprint density at radius 3 is 2.81 bits per heavy atom. The maximum Gasteiger partial charge on any atom is 0.313 e. The van der Waals surface area contributed by atoms with Gasteiger partial charge >= 0.3 is 5.97 Å². The molecule has 0 saturated heterocycles. The second-order valence-electron chi connectivity index (χ2n) is 4.46. The normalized spacial score (nSPS) is 11.0. The van der Waals surface area contributed by atoms with E-state index in [1.807, 2.05) is 24.5 Å². The molecule has 0 aromatic carbocycles. The first-order valence-corrected chi connectivity index (χ1v) is 7.35. The summed E-state index contributed by atoms with van der Waals surface area (Å²) in [7, 11) is 1.61. The number of nitrogens with zero attached hydrogens (tertiary/aromatic N) is 3. The summed E-state index contributed by atoms with van der Waals surface area (Å²) in [6.45, 7) is 4.76. The zero-order valence-electron chi connectivity index (χ0n) is 12.1. The number of aryl methyl sites for hydroxylation is 2. The molecule has 1 N–H and O–H groups in total. The van der Waals surface area contributed by atoms with E-state index in [0.29, 0.717) is 24.1 Å². The number of methoxy groups -OCH3 is 1. The van der Waals surface area contributed by atoms with Crippen LogP contribution in [0.4, 0.5) is 0 Å². The minimum absolute atomic E-state index is 0.0610. The molecule has 0 amide bonds. The fourth-order valence-corrected chi connectivity index (χ4v) is 2.64. The fourth-order valence-electron chi connectivity index (χ4n) is 1.96. The molecule has 0 unspecified atom stereocenters. The molecule has 0 aliphatic heterocycles. The van der Waals surface area contributed by atoms with E-state index in [0.717, 1.165) is 28.8 Å². The van der Waals surface area contributed by atoms with Crippen molar-refractivity contribution in [3.63, 3.8) is 0 Å². The van der Waals surface area contributed by atoms with Gasteiger partial charge in [0.05, 0.1) is 24.5 Å². The van der Waals surface area contributed by atoms with Gasteiger partial charge in [-0.25, -0.2) is 0 Å². The Kier molecular flexibility index (Phi) is 5.03. The van der Waals surface area contributed by atoms with Crippen molar-refractivity contribution in [1.29, 1.82) is 0 Å². The van der Waals surface area contributed by atoms with E-state index in [4.69, 9.17) is 14.3 Å². The lowest BCUT2D eigenvalue weighted by Gasteiger charge is -2.08. The molecule has 2 aromatic rings. The maximum atomic E-state index is 10.7. The third kappa shape index (κ3) is 3.64. The Labute approximate surface area is 126 Å². The molecule has 7 nitrogen and oxygen atoms in total. The molecular weight excluding hydrogens is 294 g/mol. The summed E-state index contributed by atoms with van der Waals surface area (Å²) in [6, 6.07) is 1.90. The molecule has 8 heteroatoms. The van der Waals surface area contributed by atoms with E-state index < -0.39 is 5.97 Å². The Bertz CT molecular complexity index is 635. The highest BCUT2D eigenvalue weighted by Crippen LogP contribution is 2.28. The van der Waals surface area contributed by atoms with Crippen molar-refractivity contribution in [3.8, 4) is 11.4 Å². The van der Waals surface area contributed by atoms with Crippen molar-refractivity contribution in [2.24, 2.45) is 0 Å². The van der Waals surface area contributed by atoms with Gasteiger partial charge in [0.15, 0.2) is 11.0 Å². The van der Waals surface area contributed by atoms with E-state index in [9.17, 15) is 4.79 Å². The lowest BCUT2D eigenvalue weighted by molar-refractivity contribution is -0.133. The molecule has 114 valence electrons. The van der Waals surface area contributed by atoms with Crippen molar-refractivity contribution < 1.29 is 19.1 Å². The molecule has 0 aliphatic carbocycles. The minimum Gasteiger partial charge on any atom is -0.481 e. The van der Waals surface area contributed by atoms with Gasteiger partial charge in [-0.2, -0.15) is 0 Å². The molecular formula is C13H17N3O4S. The van der Waals surface area contributed by atoms with Crippen molar-refractivity contribution in [2.75, 3.05) is 19.5 Å². The van der Waals surface area contributed by atoms with Crippen LogP contribution in [0.5, 0.6) is 0 Å². The van der Waals surface area contributed by atoms with Crippen LogP contribution in [-0.2, 0) is 16.1 Å². The van der Waals surface area contributed by atoms with Gasteiger partial charge in [-0.3, -0.25) is 9.36 Å². The number of carbonyl (C=O) groups is 1. The van der Waals surface area contributed by atoms with Gasteiger partial charge in [0.25, 0.3) is 0 Å². The minimum atomic E-state index is -0.891. The summed E-state index contributed by atoms with van der Waals surface area (Å²) in [5.41, 5.74) is 0.860. The molecule has 0 bridgehead atoms. The van der Waals surface area contributed by atoms with Crippen LogP contribution in [0.15, 0.2) is 15.6 Å². The summed E-state index contributed by atoms with van der Waals surface area (Å²) in [4.78, 5) is 10.7. The van der Waals surface area contributed by atoms with Gasteiger partial charge in [-0.1, -0.05) is 11.8 Å². The van der Waals surface area contributed by atoms with Gasteiger partial charge in [-0.05, 0) is 19.9 Å². The number of furan rings is 1. The topological polar surface area (TPSA) is 90.4 Å². The molecule has 0 fully saturated rings. The average Bonchev–Trinajstić information content (AvgIpc) is 2.96. The molecule has 2 aromatic heterocycles. The van der Waals surface area contributed by atoms with Gasteiger partial charge in [-0.15, -0.1) is 10.2 Å². The number of hydrogen-bond donors (Lipinski definition) is 1. The van der Waals surface area contributed by atoms with Crippen LogP contribution >= 0.6 is 11.8 Å². The Morgan fingerprint density at radius 2 is 2.24 bits per heavy atom. The van der Waals surface area contributed by atoms with Crippen LogP contribution in [-0.4, -0.2) is 45.3 Å². The number of ether oxygens (including phenoxy) is 1. The number of carboxylic acid groups (broad SMARTS) is 1. The second kappa shape index (κ2) is 6.77. The van der Waals surface area contributed by atoms with Gasteiger partial charge in [0, 0.05) is 7.11 Å². The molecule has 21 heavy (non-hydrogen) atoms. The SMILES string of the molecule is COCCn1c(SCC(=O)O)nnc1-c1cc(C)oc1C. The van der Waals surface area contributed by atoms with Crippen LogP contribution in [0, 0.1) is 13.8 Å². The summed E-state index contributed by atoms with van der Waals surface area (Å²) in [5, 5.41) is 17.6. The van der Waals surface area contributed by atoms with Gasteiger partial charge < -0.3 is 14.3 Å². The van der Waals surface area contributed by atoms with Crippen molar-refractivity contribution in [3.05, 3.63) is 17.6 Å². The average molecular weight is 311 g/mol. The maximum absolute atomic E-state index is 10.7. The number of carboxylic acids is 1. The predicted molar refractivity (Wildman–Crippen MR) is 77.4 cm³/mol. The second-order valence-corrected chi connectivity index (χ2v) is 5.40. The van der Waals surface area contributed by atoms with E-state index in [-0.39, 0.29) is 5.75 Å². The third-order valence-corrected chi connectivity index (χ3v) is 3.79. The fraction of sp³-hybridized carbons (Fsp3) is 0.462. The van der Waals surface area contributed by atoms with Crippen LogP contribution in [0.2, 0.25) is 0 Å². The quantitative estimate of drug-likeness (QED) is 0.782. The monoisotopic (exact) mass is 311 g/mol. The Hall–Kier alpha value is -1.80. The van der Waals surface area contributed by atoms with Crippen LogP contribution in [0.3, 0.4) is 0 Å². The van der Waals surface area contributed by atoms with Crippen LogP contribution < -0.4 is 0 Å². The summed E-state index contributed by atoms with van der Waals surface area (Å²) in [6.07, 6.45) is 0. The molecule has 0 atom stereocenters. The lowest BCUT2D eigenvalue weighted by atomic mass is 10.2. The molecule has 0 spiro atoms. The van der Waals surface area contributed by atoms with E-state index in [2.05, 4.69) is 10.2 Å². The molecule has 0 saturated carbocycles. The van der Waals surface area contributed by atoms with Crippen molar-refractivity contribution >= 4 is 17.7 Å². The number of hydrogen-bond acceptors (Lipinski definition) is 6. The third-order valence-electron chi connectivity index (χ3n) is 2.84. The smallest absolute Gasteiger partial charge is 0.313 e. The standard InChI is InChI=1S/C13H17N3O4S/c1-8-6-10(9(2)20-8)12-14-15-13(21-7-11(17)18)16(12)4-5-19-3/h6H,4-5,7H2,1-3H3,(H,17,18). The molecule has 0 aliphatic rings. The van der Waals surface area contributed by atoms with Gasteiger partial charge in [0.2, 0.25) is 0 Å². The zero-order chi connectivity index (χ0) is 15.4. The van der Waals surface area contributed by atoms with E-state index in [1.54, 1.807) is 7.11 Å². The first-order valence-electron chi connectivity index (χ1n) is 6.37. The highest BCUT2D eigenvalue weighted by molar-refractivity contribution is 7.99. The zero-order valence-corrected chi connectivity index (χ0v) is 12.9. The first-order chi connectivity index (χ1) is 10.0. The lowest BCUT2D eigenvalue weighted by Crippen LogP contribution is -2.08. The number of aromatic nitrogens is 3. The number of aliphatic carboxylic acids is 1. The highest BCUT2D eigenvalue weighted by Gasteiger charge is 2.18. The number of rotatable bonds is 7. The van der Waals surface area contributed by atoms with Crippen molar-refractivity contribution in [2.45, 2.75) is 25.5 Å². The number of thioether (sulfide) groups is 1. The predicted octanol–water partition coefficient (Wildman–Crippen LogP) is 1.98. The van der Waals surface area contributed by atoms with Crippen LogP contribution in [0.1, 0.15) is 11.5 Å². The summed E-state index contributed by atoms with van der Waals surface area (Å²) < 4.78 is 12.5. The van der Waals surface area contributed by atoms with Crippen molar-refractivity contribution in [1.82, 2.24) is 14.8 Å². The molecule has 0 radical (unpaired) electrons. The Balaban J connectivity index is 2.36. The Morgan fingerprint density at radius 1 is 1.48 bits per heavy atom. The highest BCUT2D eigenvalue weighted by atomic mass is 32.2. The van der Waals surface area contributed by atoms with Gasteiger partial charge in [0.1, 0.15) is 11.5 Å². The largest absolute Gasteiger partial charge is 0.481 e. The molecule has 2 heterocycles. The molecule has 2 rings (SSSR count). The van der Waals surface area contributed by atoms with Crippen LogP contribution in [0.25, 0.3) is 11.4 Å². The van der Waals surface area contributed by atoms with E-state index >= 15 is 0 Å².